The van der Waals surface area contributed by atoms with E-state index in [1.54, 1.807) is 36.7 Å². The van der Waals surface area contributed by atoms with Gasteiger partial charge < -0.3 is 15.5 Å². The van der Waals surface area contributed by atoms with E-state index in [0.29, 0.717) is 35.5 Å². The summed E-state index contributed by atoms with van der Waals surface area (Å²) in [4.78, 5) is 31.0. The molecular weight excluding hydrogens is 388 g/mol. The van der Waals surface area contributed by atoms with Gasteiger partial charge in [-0.2, -0.15) is 0 Å². The summed E-state index contributed by atoms with van der Waals surface area (Å²) in [6.45, 7) is 1.33. The fourth-order valence-corrected chi connectivity index (χ4v) is 4.35. The minimum Gasteiger partial charge on any atom is -0.338 e. The van der Waals surface area contributed by atoms with Gasteiger partial charge in [-0.25, -0.2) is 4.79 Å². The van der Waals surface area contributed by atoms with Gasteiger partial charge >= 0.3 is 6.03 Å². The van der Waals surface area contributed by atoms with E-state index in [9.17, 15) is 9.59 Å². The van der Waals surface area contributed by atoms with E-state index < -0.39 is 0 Å². The Morgan fingerprint density at radius 3 is 2.55 bits per heavy atom. The lowest BCUT2D eigenvalue weighted by Gasteiger charge is -2.20. The molecule has 0 radical (unpaired) electrons. The first-order valence-corrected chi connectivity index (χ1v) is 9.93. The van der Waals surface area contributed by atoms with E-state index in [2.05, 4.69) is 15.6 Å². The predicted octanol–water partition coefficient (Wildman–Crippen LogP) is 3.78. The number of benzene rings is 2. The van der Waals surface area contributed by atoms with E-state index in [4.69, 9.17) is 11.6 Å². The highest BCUT2D eigenvalue weighted by Crippen LogP contribution is 2.45. The second-order valence-electron chi connectivity index (χ2n) is 7.57. The van der Waals surface area contributed by atoms with Crippen LogP contribution in [0.1, 0.15) is 10.4 Å². The van der Waals surface area contributed by atoms with Crippen LogP contribution in [0.2, 0.25) is 5.02 Å². The molecule has 0 bridgehead atoms. The fourth-order valence-electron chi connectivity index (χ4n) is 4.22. The van der Waals surface area contributed by atoms with Gasteiger partial charge in [0, 0.05) is 64.7 Å². The van der Waals surface area contributed by atoms with Crippen LogP contribution in [0.5, 0.6) is 0 Å². The van der Waals surface area contributed by atoms with Gasteiger partial charge in [-0.05, 0) is 36.4 Å². The average molecular weight is 407 g/mol. The maximum absolute atomic E-state index is 12.6. The van der Waals surface area contributed by atoms with E-state index in [1.807, 2.05) is 29.2 Å². The molecular formula is C22H19ClN4O2. The van der Waals surface area contributed by atoms with Crippen LogP contribution >= 0.6 is 11.6 Å². The first kappa shape index (κ1) is 17.9. The predicted molar refractivity (Wildman–Crippen MR) is 112 cm³/mol. The van der Waals surface area contributed by atoms with Crippen molar-refractivity contribution in [2.75, 3.05) is 18.4 Å². The zero-order valence-electron chi connectivity index (χ0n) is 15.5. The van der Waals surface area contributed by atoms with Crippen LogP contribution in [0.25, 0.3) is 10.8 Å². The number of urea groups is 1. The van der Waals surface area contributed by atoms with E-state index in [1.165, 1.54) is 0 Å². The number of fused-ring (bicyclic) bond motifs is 2. The molecule has 1 aliphatic heterocycles. The van der Waals surface area contributed by atoms with Crippen LogP contribution in [-0.2, 0) is 0 Å². The Bertz CT molecular complexity index is 1080. The van der Waals surface area contributed by atoms with Gasteiger partial charge in [-0.1, -0.05) is 23.7 Å². The maximum atomic E-state index is 12.6. The van der Waals surface area contributed by atoms with Crippen LogP contribution in [-0.4, -0.2) is 41.0 Å². The average Bonchev–Trinajstić information content (AvgIpc) is 3.16. The number of aromatic nitrogens is 1. The topological polar surface area (TPSA) is 74.3 Å². The van der Waals surface area contributed by atoms with Crippen molar-refractivity contribution >= 4 is 40.0 Å². The molecule has 1 aromatic heterocycles. The van der Waals surface area contributed by atoms with Gasteiger partial charge in [-0.15, -0.1) is 0 Å². The van der Waals surface area contributed by atoms with Gasteiger partial charge in [-0.3, -0.25) is 9.78 Å². The number of rotatable bonds is 3. The SMILES string of the molecule is O=C(Nc1cccc2cnccc12)NC1C2CN(C(=O)c3ccc(Cl)cc3)CC21. The number of carbonyl (C=O) groups is 2. The molecule has 2 fully saturated rings. The molecule has 3 aromatic rings. The van der Waals surface area contributed by atoms with E-state index >= 15 is 0 Å². The largest absolute Gasteiger partial charge is 0.338 e. The molecule has 1 saturated heterocycles. The highest BCUT2D eigenvalue weighted by Gasteiger charge is 2.57. The standard InChI is InChI=1S/C22H19ClN4O2/c23-15-6-4-13(5-7-15)21(28)27-11-17-18(12-27)20(17)26-22(29)25-19-3-1-2-14-10-24-9-8-16(14)19/h1-10,17-18,20H,11-12H2,(H2,25,26,29). The van der Waals surface area contributed by atoms with Crippen molar-refractivity contribution in [3.05, 3.63) is 71.5 Å². The van der Waals surface area contributed by atoms with Crippen molar-refractivity contribution in [3.8, 4) is 0 Å². The van der Waals surface area contributed by atoms with Crippen LogP contribution in [0.4, 0.5) is 10.5 Å². The molecule has 0 spiro atoms. The minimum atomic E-state index is -0.218. The van der Waals surface area contributed by atoms with E-state index in [0.717, 1.165) is 16.5 Å². The van der Waals surface area contributed by atoms with Crippen molar-refractivity contribution in [2.24, 2.45) is 11.8 Å². The summed E-state index contributed by atoms with van der Waals surface area (Å²) >= 11 is 5.89. The smallest absolute Gasteiger partial charge is 0.319 e. The van der Waals surface area contributed by atoms with Crippen LogP contribution < -0.4 is 10.6 Å². The number of piperidine rings is 1. The van der Waals surface area contributed by atoms with Gasteiger partial charge in [0.1, 0.15) is 0 Å². The number of anilines is 1. The molecule has 2 unspecified atom stereocenters. The van der Waals surface area contributed by atoms with Crippen molar-refractivity contribution < 1.29 is 9.59 Å². The number of halogens is 1. The van der Waals surface area contributed by atoms with Gasteiger partial charge in [0.05, 0.1) is 5.69 Å². The third-order valence-corrected chi connectivity index (χ3v) is 6.05. The molecule has 2 aromatic carbocycles. The monoisotopic (exact) mass is 406 g/mol. The summed E-state index contributed by atoms with van der Waals surface area (Å²) < 4.78 is 0. The molecule has 1 saturated carbocycles. The Morgan fingerprint density at radius 1 is 1.03 bits per heavy atom. The highest BCUT2D eigenvalue weighted by molar-refractivity contribution is 6.30. The zero-order chi connectivity index (χ0) is 20.0. The number of hydrogen-bond acceptors (Lipinski definition) is 3. The molecule has 7 heteroatoms. The van der Waals surface area contributed by atoms with Crippen molar-refractivity contribution in [3.63, 3.8) is 0 Å². The van der Waals surface area contributed by atoms with Crippen molar-refractivity contribution in [1.29, 1.82) is 0 Å². The lowest BCUT2D eigenvalue weighted by atomic mass is 10.1. The third kappa shape index (κ3) is 3.40. The van der Waals surface area contributed by atoms with Crippen LogP contribution in [0.15, 0.2) is 60.9 Å². The van der Waals surface area contributed by atoms with Gasteiger partial charge in [0.2, 0.25) is 0 Å². The number of amides is 3. The summed E-state index contributed by atoms with van der Waals surface area (Å²) in [5.41, 5.74) is 1.40. The quantitative estimate of drug-likeness (QED) is 0.695. The summed E-state index contributed by atoms with van der Waals surface area (Å²) in [5, 5.41) is 8.54. The molecule has 29 heavy (non-hydrogen) atoms. The molecule has 6 nitrogen and oxygen atoms in total. The Labute approximate surface area is 172 Å². The molecule has 2 aliphatic rings. The molecule has 146 valence electrons. The lowest BCUT2D eigenvalue weighted by molar-refractivity contribution is 0.0772. The second-order valence-corrected chi connectivity index (χ2v) is 8.01. The summed E-state index contributed by atoms with van der Waals surface area (Å²) in [6.07, 6.45) is 3.49. The Balaban J connectivity index is 1.18. The molecule has 5 rings (SSSR count). The zero-order valence-corrected chi connectivity index (χ0v) is 16.3. The normalized spacial score (nSPS) is 22.2. The van der Waals surface area contributed by atoms with Crippen LogP contribution in [0.3, 0.4) is 0 Å². The number of nitrogens with zero attached hydrogens (tertiary/aromatic N) is 2. The van der Waals surface area contributed by atoms with Crippen molar-refractivity contribution in [1.82, 2.24) is 15.2 Å². The van der Waals surface area contributed by atoms with Crippen LogP contribution in [0, 0.1) is 11.8 Å². The summed E-state index contributed by atoms with van der Waals surface area (Å²) in [6, 6.07) is 14.5. The van der Waals surface area contributed by atoms with Gasteiger partial charge in [0.25, 0.3) is 5.91 Å². The minimum absolute atomic E-state index is 0.0152. The molecule has 2 atom stereocenters. The Kier molecular flexibility index (Phi) is 4.36. The lowest BCUT2D eigenvalue weighted by Crippen LogP contribution is -2.39. The molecule has 1 aliphatic carbocycles. The number of carbonyl (C=O) groups excluding carboxylic acids is 2. The number of hydrogen-bond donors (Lipinski definition) is 2. The van der Waals surface area contributed by atoms with Crippen molar-refractivity contribution in [2.45, 2.75) is 6.04 Å². The third-order valence-electron chi connectivity index (χ3n) is 5.80. The Morgan fingerprint density at radius 2 is 1.79 bits per heavy atom. The first-order chi connectivity index (χ1) is 14.1. The van der Waals surface area contributed by atoms with Gasteiger partial charge in [0.15, 0.2) is 0 Å². The number of likely N-dealkylation sites (tertiary alicyclic amines) is 1. The highest BCUT2D eigenvalue weighted by atomic mass is 35.5. The van der Waals surface area contributed by atoms with E-state index in [-0.39, 0.29) is 18.0 Å². The second kappa shape index (κ2) is 7.04. The molecule has 2 heterocycles. The Hall–Kier alpha value is -3.12. The summed E-state index contributed by atoms with van der Waals surface area (Å²) in [7, 11) is 0. The maximum Gasteiger partial charge on any atom is 0.319 e. The summed E-state index contributed by atoms with van der Waals surface area (Å²) in [5.74, 6) is 0.642. The fraction of sp³-hybridized carbons (Fsp3) is 0.227. The molecule has 3 amide bonds. The number of nitrogens with one attached hydrogen (secondary N) is 2. The molecule has 2 N–H and O–H groups in total. The number of pyridine rings is 1. The first-order valence-electron chi connectivity index (χ1n) is 9.55.